The summed E-state index contributed by atoms with van der Waals surface area (Å²) in [6.45, 7) is 8.87. The second-order valence-corrected chi connectivity index (χ2v) is 6.86. The maximum Gasteiger partial charge on any atom is 0.410 e. The van der Waals surface area contributed by atoms with Crippen LogP contribution in [0.4, 0.5) is 4.79 Å². The van der Waals surface area contributed by atoms with E-state index in [-0.39, 0.29) is 6.09 Å². The van der Waals surface area contributed by atoms with E-state index in [9.17, 15) is 10.1 Å². The van der Waals surface area contributed by atoms with Gasteiger partial charge in [-0.15, -0.1) is 0 Å². The van der Waals surface area contributed by atoms with Crippen LogP contribution in [0.1, 0.15) is 44.1 Å². The van der Waals surface area contributed by atoms with Gasteiger partial charge in [0.2, 0.25) is 0 Å². The maximum atomic E-state index is 12.1. The molecule has 2 heterocycles. The number of hydrogen-bond donors (Lipinski definition) is 0. The number of likely N-dealkylation sites (tertiary alicyclic amines) is 1. The number of amides is 1. The number of ether oxygens (including phenoxy) is 1. The van der Waals surface area contributed by atoms with E-state index >= 15 is 0 Å². The van der Waals surface area contributed by atoms with Crippen molar-refractivity contribution in [1.82, 2.24) is 9.88 Å². The molecular weight excluding hydrogens is 278 g/mol. The zero-order valence-corrected chi connectivity index (χ0v) is 13.7. The Morgan fingerprint density at radius 1 is 1.50 bits per heavy atom. The van der Waals surface area contributed by atoms with Crippen LogP contribution in [-0.4, -0.2) is 34.7 Å². The highest BCUT2D eigenvalue weighted by molar-refractivity contribution is 5.68. The molecule has 0 bridgehead atoms. The molecule has 5 nitrogen and oxygen atoms in total. The van der Waals surface area contributed by atoms with E-state index < -0.39 is 5.60 Å². The van der Waals surface area contributed by atoms with Gasteiger partial charge in [0.25, 0.3) is 0 Å². The van der Waals surface area contributed by atoms with Crippen LogP contribution >= 0.6 is 0 Å². The van der Waals surface area contributed by atoms with Crippen molar-refractivity contribution in [2.24, 2.45) is 5.92 Å². The maximum absolute atomic E-state index is 12.1. The Morgan fingerprint density at radius 3 is 2.86 bits per heavy atom. The second kappa shape index (κ2) is 6.35. The van der Waals surface area contributed by atoms with Gasteiger partial charge in [0.05, 0.1) is 0 Å². The van der Waals surface area contributed by atoms with Crippen LogP contribution in [-0.2, 0) is 11.2 Å². The summed E-state index contributed by atoms with van der Waals surface area (Å²) in [4.78, 5) is 18.1. The third-order valence-corrected chi connectivity index (χ3v) is 3.67. The molecule has 0 aliphatic carbocycles. The highest BCUT2D eigenvalue weighted by atomic mass is 16.6. The van der Waals surface area contributed by atoms with E-state index in [1.807, 2.05) is 39.8 Å². The lowest BCUT2D eigenvalue weighted by atomic mass is 9.97. The quantitative estimate of drug-likeness (QED) is 0.842. The van der Waals surface area contributed by atoms with E-state index in [2.05, 4.69) is 11.1 Å². The van der Waals surface area contributed by atoms with Crippen LogP contribution < -0.4 is 0 Å². The molecule has 2 rings (SSSR count). The highest BCUT2D eigenvalue weighted by Crippen LogP contribution is 2.23. The van der Waals surface area contributed by atoms with Crippen molar-refractivity contribution in [2.45, 2.75) is 46.1 Å². The van der Waals surface area contributed by atoms with Crippen molar-refractivity contribution in [1.29, 1.82) is 5.26 Å². The van der Waals surface area contributed by atoms with Gasteiger partial charge in [-0.3, -0.25) is 0 Å². The first-order valence-corrected chi connectivity index (χ1v) is 7.63. The fourth-order valence-corrected chi connectivity index (χ4v) is 2.65. The van der Waals surface area contributed by atoms with Crippen molar-refractivity contribution in [3.05, 3.63) is 29.1 Å². The third kappa shape index (κ3) is 4.20. The minimum atomic E-state index is -0.468. The molecule has 0 radical (unpaired) electrons. The molecule has 1 aromatic heterocycles. The van der Waals surface area contributed by atoms with E-state index in [4.69, 9.17) is 4.74 Å². The summed E-state index contributed by atoms with van der Waals surface area (Å²) in [7, 11) is 0. The van der Waals surface area contributed by atoms with Crippen molar-refractivity contribution in [3.8, 4) is 6.07 Å². The van der Waals surface area contributed by atoms with Crippen LogP contribution in [0.5, 0.6) is 0 Å². The van der Waals surface area contributed by atoms with Gasteiger partial charge in [0.1, 0.15) is 17.4 Å². The second-order valence-electron chi connectivity index (χ2n) is 6.86. The van der Waals surface area contributed by atoms with Crippen LogP contribution in [0.2, 0.25) is 0 Å². The summed E-state index contributed by atoms with van der Waals surface area (Å²) in [5, 5.41) is 9.19. The van der Waals surface area contributed by atoms with E-state index in [1.165, 1.54) is 0 Å². The van der Waals surface area contributed by atoms with Crippen LogP contribution in [0.25, 0.3) is 0 Å². The molecule has 1 saturated heterocycles. The molecule has 1 atom stereocenters. The summed E-state index contributed by atoms with van der Waals surface area (Å²) in [5.41, 5.74) is 1.84. The first-order chi connectivity index (χ1) is 10.3. The van der Waals surface area contributed by atoms with Gasteiger partial charge >= 0.3 is 6.09 Å². The minimum Gasteiger partial charge on any atom is -0.444 e. The Kier molecular flexibility index (Phi) is 4.70. The summed E-state index contributed by atoms with van der Waals surface area (Å²) in [6.07, 6.45) is 1.45. The number of nitrogens with zero attached hydrogens (tertiary/aromatic N) is 3. The fourth-order valence-electron chi connectivity index (χ4n) is 2.65. The Hall–Kier alpha value is -2.09. The lowest BCUT2D eigenvalue weighted by molar-refractivity contribution is 0.0288. The van der Waals surface area contributed by atoms with E-state index in [1.54, 1.807) is 4.90 Å². The summed E-state index contributed by atoms with van der Waals surface area (Å²) in [6, 6.07) is 6.06. The van der Waals surface area contributed by atoms with Crippen molar-refractivity contribution >= 4 is 6.09 Å². The number of aromatic nitrogens is 1. The van der Waals surface area contributed by atoms with Crippen molar-refractivity contribution in [3.63, 3.8) is 0 Å². The van der Waals surface area contributed by atoms with Crippen LogP contribution in [0, 0.1) is 24.2 Å². The van der Waals surface area contributed by atoms with Crippen LogP contribution in [0.3, 0.4) is 0 Å². The molecule has 118 valence electrons. The first-order valence-electron chi connectivity index (χ1n) is 7.63. The smallest absolute Gasteiger partial charge is 0.410 e. The Balaban J connectivity index is 1.97. The number of pyridine rings is 1. The lowest BCUT2D eigenvalue weighted by Crippen LogP contribution is -2.35. The molecule has 0 N–H and O–H groups in total. The number of nitriles is 1. The largest absolute Gasteiger partial charge is 0.444 e. The summed E-state index contributed by atoms with van der Waals surface area (Å²) >= 11 is 0. The topological polar surface area (TPSA) is 66.2 Å². The Morgan fingerprint density at radius 2 is 2.23 bits per heavy atom. The number of aryl methyl sites for hydroxylation is 1. The summed E-state index contributed by atoms with van der Waals surface area (Å²) < 4.78 is 5.40. The van der Waals surface area contributed by atoms with Gasteiger partial charge in [-0.1, -0.05) is 6.07 Å². The molecule has 0 aromatic carbocycles. The van der Waals surface area contributed by atoms with Gasteiger partial charge in [-0.05, 0) is 58.1 Å². The predicted octanol–water partition coefficient (Wildman–Crippen LogP) is 3.06. The van der Waals surface area contributed by atoms with Gasteiger partial charge in [-0.25, -0.2) is 9.78 Å². The zero-order valence-electron chi connectivity index (χ0n) is 13.7. The number of carbonyl (C=O) groups is 1. The normalized spacial score (nSPS) is 18.1. The Labute approximate surface area is 131 Å². The average Bonchev–Trinajstić information content (AvgIpc) is 2.87. The summed E-state index contributed by atoms with van der Waals surface area (Å²) in [5.74, 6) is 0.351. The molecule has 1 amide bonds. The zero-order chi connectivity index (χ0) is 16.3. The Bertz CT molecular complexity index is 599. The monoisotopic (exact) mass is 301 g/mol. The van der Waals surface area contributed by atoms with Crippen LogP contribution in [0.15, 0.2) is 12.1 Å². The SMILES string of the molecule is Cc1ccc(CC2CCN(C(=O)OC(C)(C)C)C2)c(C#N)n1. The highest BCUT2D eigenvalue weighted by Gasteiger charge is 2.30. The van der Waals surface area contributed by atoms with E-state index in [0.717, 1.165) is 24.1 Å². The molecule has 1 aliphatic rings. The molecule has 22 heavy (non-hydrogen) atoms. The molecule has 1 aliphatic heterocycles. The molecule has 0 saturated carbocycles. The fraction of sp³-hybridized carbons (Fsp3) is 0.588. The van der Waals surface area contributed by atoms with Gasteiger partial charge in [0.15, 0.2) is 0 Å². The molecule has 5 heteroatoms. The average molecular weight is 301 g/mol. The molecule has 1 aromatic rings. The number of hydrogen-bond acceptors (Lipinski definition) is 4. The van der Waals surface area contributed by atoms with Gasteiger partial charge in [0, 0.05) is 18.8 Å². The van der Waals surface area contributed by atoms with Crippen molar-refractivity contribution in [2.75, 3.05) is 13.1 Å². The lowest BCUT2D eigenvalue weighted by Gasteiger charge is -2.24. The predicted molar refractivity (Wildman–Crippen MR) is 83.3 cm³/mol. The van der Waals surface area contributed by atoms with Crippen molar-refractivity contribution < 1.29 is 9.53 Å². The minimum absolute atomic E-state index is 0.252. The van der Waals surface area contributed by atoms with Gasteiger partial charge < -0.3 is 9.64 Å². The number of rotatable bonds is 2. The molecular formula is C17H23N3O2. The first kappa shape index (κ1) is 16.3. The molecule has 0 spiro atoms. The van der Waals surface area contributed by atoms with Gasteiger partial charge in [-0.2, -0.15) is 5.26 Å². The molecule has 1 unspecified atom stereocenters. The van der Waals surface area contributed by atoms with E-state index in [0.29, 0.717) is 24.7 Å². The molecule has 1 fully saturated rings. The number of carbonyl (C=O) groups excluding carboxylic acids is 1. The third-order valence-electron chi connectivity index (χ3n) is 3.67. The standard InChI is InChI=1S/C17H23N3O2/c1-12-5-6-14(15(10-18)19-12)9-13-7-8-20(11-13)16(21)22-17(2,3)4/h5-6,13H,7-9,11H2,1-4H3.